The lowest BCUT2D eigenvalue weighted by molar-refractivity contribution is 0.164. The lowest BCUT2D eigenvalue weighted by Crippen LogP contribution is -1.83. The number of methoxy groups -OCH3 is 2. The standard InChI is InChI=1S/C11H10O.C6H8O2/c1-12-11-8-4-6-9-5-2-3-7-10(9)11;1-7-5-6-3-2-4-8-6/h2-8H,1H3;2-4H,5H2,1H3. The van der Waals surface area contributed by atoms with Crippen LogP contribution in [0.25, 0.3) is 10.8 Å². The van der Waals surface area contributed by atoms with E-state index in [1.165, 1.54) is 10.8 Å². The summed E-state index contributed by atoms with van der Waals surface area (Å²) in [6, 6.07) is 18.0. The number of benzene rings is 2. The molecule has 0 atom stereocenters. The highest BCUT2D eigenvalue weighted by Crippen LogP contribution is 2.24. The molecule has 0 fully saturated rings. The van der Waals surface area contributed by atoms with Crippen molar-refractivity contribution in [3.8, 4) is 5.75 Å². The molecule has 2 aromatic carbocycles. The zero-order valence-electron chi connectivity index (χ0n) is 11.7. The maximum Gasteiger partial charge on any atom is 0.129 e. The van der Waals surface area contributed by atoms with E-state index in [1.807, 2.05) is 36.4 Å². The van der Waals surface area contributed by atoms with Crippen molar-refractivity contribution in [1.29, 1.82) is 0 Å². The molecule has 3 aromatic rings. The van der Waals surface area contributed by atoms with Gasteiger partial charge in [-0.3, -0.25) is 0 Å². The predicted molar refractivity (Wildman–Crippen MR) is 79.9 cm³/mol. The van der Waals surface area contributed by atoms with Gasteiger partial charge in [0.25, 0.3) is 0 Å². The number of furan rings is 1. The molecule has 3 nitrogen and oxygen atoms in total. The highest BCUT2D eigenvalue weighted by Gasteiger charge is 1.97. The first-order valence-electron chi connectivity index (χ1n) is 6.38. The van der Waals surface area contributed by atoms with Crippen molar-refractivity contribution in [1.82, 2.24) is 0 Å². The number of fused-ring (bicyclic) bond motifs is 1. The van der Waals surface area contributed by atoms with Crippen molar-refractivity contribution in [2.24, 2.45) is 0 Å². The van der Waals surface area contributed by atoms with Crippen molar-refractivity contribution in [3.05, 3.63) is 66.6 Å². The van der Waals surface area contributed by atoms with Crippen LogP contribution in [0.3, 0.4) is 0 Å². The van der Waals surface area contributed by atoms with E-state index in [2.05, 4.69) is 18.2 Å². The van der Waals surface area contributed by atoms with Gasteiger partial charge in [0.1, 0.15) is 18.1 Å². The average Bonchev–Trinajstić information content (AvgIpc) is 3.01. The molecule has 104 valence electrons. The molecule has 0 radical (unpaired) electrons. The van der Waals surface area contributed by atoms with Gasteiger partial charge >= 0.3 is 0 Å². The fourth-order valence-electron chi connectivity index (χ4n) is 1.91. The summed E-state index contributed by atoms with van der Waals surface area (Å²) in [5, 5.41) is 2.39. The van der Waals surface area contributed by atoms with Gasteiger partial charge in [-0.05, 0) is 23.6 Å². The molecule has 20 heavy (non-hydrogen) atoms. The van der Waals surface area contributed by atoms with Crippen LogP contribution in [0.15, 0.2) is 65.3 Å². The Labute approximate surface area is 118 Å². The van der Waals surface area contributed by atoms with Gasteiger partial charge in [-0.25, -0.2) is 0 Å². The number of hydrogen-bond donors (Lipinski definition) is 0. The van der Waals surface area contributed by atoms with E-state index in [9.17, 15) is 0 Å². The maximum atomic E-state index is 5.23. The van der Waals surface area contributed by atoms with E-state index in [-0.39, 0.29) is 0 Å². The lowest BCUT2D eigenvalue weighted by atomic mass is 10.1. The molecule has 0 aliphatic carbocycles. The highest BCUT2D eigenvalue weighted by molar-refractivity contribution is 5.88. The van der Waals surface area contributed by atoms with Crippen LogP contribution in [0.4, 0.5) is 0 Å². The van der Waals surface area contributed by atoms with Crippen LogP contribution >= 0.6 is 0 Å². The molecule has 0 amide bonds. The molecule has 0 saturated carbocycles. The predicted octanol–water partition coefficient (Wildman–Crippen LogP) is 4.27. The SMILES string of the molecule is COCc1ccco1.COc1cccc2ccccc12. The Kier molecular flexibility index (Phi) is 5.21. The Morgan fingerprint density at radius 2 is 1.70 bits per heavy atom. The van der Waals surface area contributed by atoms with Gasteiger partial charge in [-0.2, -0.15) is 0 Å². The molecular weight excluding hydrogens is 252 g/mol. The third-order valence-electron chi connectivity index (χ3n) is 2.84. The zero-order valence-corrected chi connectivity index (χ0v) is 11.7. The second-order valence-electron chi connectivity index (χ2n) is 4.19. The minimum absolute atomic E-state index is 0.562. The molecule has 0 aliphatic heterocycles. The summed E-state index contributed by atoms with van der Waals surface area (Å²) >= 11 is 0. The third kappa shape index (κ3) is 3.62. The van der Waals surface area contributed by atoms with Crippen molar-refractivity contribution in [2.75, 3.05) is 14.2 Å². The van der Waals surface area contributed by atoms with Gasteiger partial charge in [-0.15, -0.1) is 0 Å². The average molecular weight is 270 g/mol. The normalized spacial score (nSPS) is 9.90. The number of rotatable bonds is 3. The Morgan fingerprint density at radius 1 is 0.900 bits per heavy atom. The first-order chi connectivity index (χ1) is 9.85. The van der Waals surface area contributed by atoms with E-state index in [4.69, 9.17) is 13.9 Å². The zero-order chi connectivity index (χ0) is 14.2. The van der Waals surface area contributed by atoms with Crippen molar-refractivity contribution < 1.29 is 13.9 Å². The van der Waals surface area contributed by atoms with Crippen LogP contribution in [-0.2, 0) is 11.3 Å². The molecule has 0 spiro atoms. The van der Waals surface area contributed by atoms with Gasteiger partial charge in [0, 0.05) is 12.5 Å². The minimum atomic E-state index is 0.562. The molecule has 0 unspecified atom stereocenters. The van der Waals surface area contributed by atoms with E-state index < -0.39 is 0 Å². The van der Waals surface area contributed by atoms with Gasteiger partial charge in [-0.1, -0.05) is 36.4 Å². The van der Waals surface area contributed by atoms with E-state index in [1.54, 1.807) is 20.5 Å². The molecule has 1 aromatic heterocycles. The Morgan fingerprint density at radius 3 is 2.40 bits per heavy atom. The minimum Gasteiger partial charge on any atom is -0.496 e. The van der Waals surface area contributed by atoms with Crippen molar-refractivity contribution >= 4 is 10.8 Å². The Balaban J connectivity index is 0.000000160. The van der Waals surface area contributed by atoms with Gasteiger partial charge in [0.2, 0.25) is 0 Å². The van der Waals surface area contributed by atoms with Gasteiger partial charge in [0.15, 0.2) is 0 Å². The van der Waals surface area contributed by atoms with Crippen LogP contribution in [0, 0.1) is 0 Å². The Hall–Kier alpha value is -2.26. The number of hydrogen-bond acceptors (Lipinski definition) is 3. The summed E-state index contributed by atoms with van der Waals surface area (Å²) in [6.07, 6.45) is 1.63. The molecular formula is C17H18O3. The monoisotopic (exact) mass is 270 g/mol. The lowest BCUT2D eigenvalue weighted by Gasteiger charge is -2.03. The second-order valence-corrected chi connectivity index (χ2v) is 4.19. The van der Waals surface area contributed by atoms with Crippen LogP contribution in [0.1, 0.15) is 5.76 Å². The van der Waals surface area contributed by atoms with Gasteiger partial charge < -0.3 is 13.9 Å². The quantitative estimate of drug-likeness (QED) is 0.712. The summed E-state index contributed by atoms with van der Waals surface area (Å²) in [5.41, 5.74) is 0. The summed E-state index contributed by atoms with van der Waals surface area (Å²) in [6.45, 7) is 0.562. The number of ether oxygens (including phenoxy) is 2. The van der Waals surface area contributed by atoms with Crippen molar-refractivity contribution in [2.45, 2.75) is 6.61 Å². The topological polar surface area (TPSA) is 31.6 Å². The molecule has 0 N–H and O–H groups in total. The van der Waals surface area contributed by atoms with E-state index in [0.29, 0.717) is 6.61 Å². The third-order valence-corrected chi connectivity index (χ3v) is 2.84. The van der Waals surface area contributed by atoms with Crippen molar-refractivity contribution in [3.63, 3.8) is 0 Å². The summed E-state index contributed by atoms with van der Waals surface area (Å²) in [4.78, 5) is 0. The first-order valence-corrected chi connectivity index (χ1v) is 6.38. The fourth-order valence-corrected chi connectivity index (χ4v) is 1.91. The molecule has 0 saturated heterocycles. The Bertz CT molecular complexity index is 624. The van der Waals surface area contributed by atoms with E-state index >= 15 is 0 Å². The summed E-state index contributed by atoms with van der Waals surface area (Å²) in [7, 11) is 3.34. The molecule has 0 bridgehead atoms. The van der Waals surface area contributed by atoms with Gasteiger partial charge in [0.05, 0.1) is 13.4 Å². The smallest absolute Gasteiger partial charge is 0.129 e. The van der Waals surface area contributed by atoms with Crippen LogP contribution in [0.5, 0.6) is 5.75 Å². The highest BCUT2D eigenvalue weighted by atomic mass is 16.5. The molecule has 1 heterocycles. The first kappa shape index (κ1) is 14.2. The van der Waals surface area contributed by atoms with Crippen LogP contribution in [0.2, 0.25) is 0 Å². The molecule has 3 heteroatoms. The van der Waals surface area contributed by atoms with Crippen LogP contribution in [-0.4, -0.2) is 14.2 Å². The van der Waals surface area contributed by atoms with E-state index in [0.717, 1.165) is 11.5 Å². The second kappa shape index (κ2) is 7.36. The maximum absolute atomic E-state index is 5.23. The molecule has 0 aliphatic rings. The summed E-state index contributed by atoms with van der Waals surface area (Å²) in [5.74, 6) is 1.81. The van der Waals surface area contributed by atoms with Crippen LogP contribution < -0.4 is 4.74 Å². The largest absolute Gasteiger partial charge is 0.496 e. The fraction of sp³-hybridized carbons (Fsp3) is 0.176. The summed E-state index contributed by atoms with van der Waals surface area (Å²) < 4.78 is 15.0. The molecule has 3 rings (SSSR count).